The number of aromatic nitrogens is 2. The number of ether oxygens (including phenoxy) is 1. The van der Waals surface area contributed by atoms with E-state index in [1.165, 1.54) is 50.9 Å². The van der Waals surface area contributed by atoms with Gasteiger partial charge in [-0.3, -0.25) is 0 Å². The normalized spacial score (nSPS) is 28.0. The Kier molecular flexibility index (Phi) is 5.65. The highest BCUT2D eigenvalue weighted by atomic mass is 16.5. The summed E-state index contributed by atoms with van der Waals surface area (Å²) >= 11 is 0. The molecule has 1 aromatic heterocycles. The molecule has 2 saturated heterocycles. The van der Waals surface area contributed by atoms with Gasteiger partial charge in [-0.2, -0.15) is 10.2 Å². The van der Waals surface area contributed by atoms with Crippen LogP contribution in [0.5, 0.6) is 0 Å². The highest BCUT2D eigenvalue weighted by Crippen LogP contribution is 2.43. The Morgan fingerprint density at radius 1 is 0.897 bits per heavy atom. The average molecular weight is 392 g/mol. The van der Waals surface area contributed by atoms with E-state index in [1.54, 1.807) is 0 Å². The molecule has 1 saturated carbocycles. The lowest BCUT2D eigenvalue weighted by molar-refractivity contribution is 0.0544. The first-order valence-electron chi connectivity index (χ1n) is 11.4. The summed E-state index contributed by atoms with van der Waals surface area (Å²) in [6.45, 7) is 7.98. The van der Waals surface area contributed by atoms with Crippen LogP contribution in [0.1, 0.15) is 36.9 Å². The third-order valence-corrected chi connectivity index (χ3v) is 7.35. The molecule has 0 bridgehead atoms. The van der Waals surface area contributed by atoms with Crippen LogP contribution in [0.3, 0.4) is 0 Å². The summed E-state index contributed by atoms with van der Waals surface area (Å²) in [6, 6.07) is 12.8. The first-order chi connectivity index (χ1) is 14.2. The monoisotopic (exact) mass is 391 g/mol. The molecule has 4 heteroatoms. The van der Waals surface area contributed by atoms with Crippen molar-refractivity contribution in [3.05, 3.63) is 47.7 Å². The van der Waals surface area contributed by atoms with Crippen molar-refractivity contribution in [1.29, 1.82) is 0 Å². The number of rotatable bonds is 5. The lowest BCUT2D eigenvalue weighted by Crippen LogP contribution is -2.31. The quantitative estimate of drug-likeness (QED) is 0.758. The van der Waals surface area contributed by atoms with Gasteiger partial charge in [0.2, 0.25) is 0 Å². The molecule has 2 aliphatic heterocycles. The number of likely N-dealkylation sites (tertiary alicyclic amines) is 1. The molecule has 154 valence electrons. The summed E-state index contributed by atoms with van der Waals surface area (Å²) in [5.41, 5.74) is 4.55. The molecule has 1 aliphatic carbocycles. The molecule has 5 rings (SSSR count). The van der Waals surface area contributed by atoms with Gasteiger partial charge in [-0.25, -0.2) is 0 Å². The maximum atomic E-state index is 5.52. The molecule has 1 unspecified atom stereocenters. The van der Waals surface area contributed by atoms with Crippen molar-refractivity contribution in [2.75, 3.05) is 32.8 Å². The molecule has 3 aliphatic rings. The Balaban J connectivity index is 1.12. The first-order valence-corrected chi connectivity index (χ1v) is 11.4. The summed E-state index contributed by atoms with van der Waals surface area (Å²) in [6.07, 6.45) is 6.35. The average Bonchev–Trinajstić information content (AvgIpc) is 3.28. The predicted octanol–water partition coefficient (Wildman–Crippen LogP) is 4.38. The Labute approximate surface area is 174 Å². The van der Waals surface area contributed by atoms with Crippen molar-refractivity contribution in [2.24, 2.45) is 23.7 Å². The van der Waals surface area contributed by atoms with E-state index in [-0.39, 0.29) is 0 Å². The Bertz CT molecular complexity index is 784. The fourth-order valence-electron chi connectivity index (χ4n) is 5.78. The molecule has 0 amide bonds. The van der Waals surface area contributed by atoms with Gasteiger partial charge in [0.05, 0.1) is 11.4 Å². The number of hydrogen-bond acceptors (Lipinski definition) is 4. The highest BCUT2D eigenvalue weighted by molar-refractivity contribution is 5.58. The fourth-order valence-corrected chi connectivity index (χ4v) is 5.78. The maximum absolute atomic E-state index is 5.52. The van der Waals surface area contributed by atoms with Gasteiger partial charge in [0, 0.05) is 38.4 Å². The zero-order valence-corrected chi connectivity index (χ0v) is 17.6. The van der Waals surface area contributed by atoms with Crippen molar-refractivity contribution < 1.29 is 4.74 Å². The molecule has 29 heavy (non-hydrogen) atoms. The molecule has 1 aromatic carbocycles. The van der Waals surface area contributed by atoms with Gasteiger partial charge in [0.25, 0.3) is 0 Å². The topological polar surface area (TPSA) is 38.2 Å². The summed E-state index contributed by atoms with van der Waals surface area (Å²) in [4.78, 5) is 2.75. The van der Waals surface area contributed by atoms with Crippen LogP contribution in [0.4, 0.5) is 0 Å². The standard InChI is InChI=1S/C25H33N3O/c1-18-2-4-21(5-3-18)25-7-6-24(26-27-25)14-20-12-22-16-28(17-23(22)13-20)15-19-8-10-29-11-9-19/h2-7,19-20,22-23H,8-17H2,1H3/t20?,22-,23+. The van der Waals surface area contributed by atoms with Gasteiger partial charge in [-0.1, -0.05) is 29.8 Å². The molecule has 3 atom stereocenters. The summed E-state index contributed by atoms with van der Waals surface area (Å²) < 4.78 is 5.52. The summed E-state index contributed by atoms with van der Waals surface area (Å²) in [5, 5.41) is 9.06. The zero-order valence-electron chi connectivity index (χ0n) is 17.6. The van der Waals surface area contributed by atoms with Crippen molar-refractivity contribution >= 4 is 0 Å². The maximum Gasteiger partial charge on any atom is 0.0929 e. The van der Waals surface area contributed by atoms with E-state index in [2.05, 4.69) is 58.4 Å². The molecule has 0 spiro atoms. The second-order valence-electron chi connectivity index (χ2n) is 9.61. The Morgan fingerprint density at radius 3 is 2.28 bits per heavy atom. The van der Waals surface area contributed by atoms with Crippen LogP contribution >= 0.6 is 0 Å². The van der Waals surface area contributed by atoms with Crippen molar-refractivity contribution in [3.8, 4) is 11.3 Å². The molecular formula is C25H33N3O. The van der Waals surface area contributed by atoms with E-state index in [0.29, 0.717) is 0 Å². The SMILES string of the molecule is Cc1ccc(-c2ccc(CC3C[C@@H]4CN(CC5CCOCC5)C[C@@H]4C3)nn2)cc1. The predicted molar refractivity (Wildman–Crippen MR) is 116 cm³/mol. The van der Waals surface area contributed by atoms with Crippen LogP contribution in [-0.2, 0) is 11.2 Å². The Hall–Kier alpha value is -1.78. The third kappa shape index (κ3) is 4.54. The van der Waals surface area contributed by atoms with E-state index < -0.39 is 0 Å². The van der Waals surface area contributed by atoms with Crippen molar-refractivity contribution in [1.82, 2.24) is 15.1 Å². The first kappa shape index (κ1) is 19.2. The van der Waals surface area contributed by atoms with E-state index >= 15 is 0 Å². The number of fused-ring (bicyclic) bond motifs is 1. The Morgan fingerprint density at radius 2 is 1.62 bits per heavy atom. The lowest BCUT2D eigenvalue weighted by Gasteiger charge is -2.27. The van der Waals surface area contributed by atoms with E-state index in [1.807, 2.05) is 0 Å². The number of hydrogen-bond donors (Lipinski definition) is 0. The fraction of sp³-hybridized carbons (Fsp3) is 0.600. The van der Waals surface area contributed by atoms with E-state index in [0.717, 1.165) is 60.3 Å². The van der Waals surface area contributed by atoms with Crippen LogP contribution in [0.2, 0.25) is 0 Å². The van der Waals surface area contributed by atoms with Crippen LogP contribution in [-0.4, -0.2) is 47.9 Å². The largest absolute Gasteiger partial charge is 0.381 e. The van der Waals surface area contributed by atoms with Crippen molar-refractivity contribution in [3.63, 3.8) is 0 Å². The number of aryl methyl sites for hydroxylation is 1. The minimum absolute atomic E-state index is 0.787. The van der Waals surface area contributed by atoms with Gasteiger partial charge in [-0.05, 0) is 74.8 Å². The van der Waals surface area contributed by atoms with Crippen LogP contribution in [0.15, 0.2) is 36.4 Å². The second kappa shape index (κ2) is 8.53. The molecule has 0 N–H and O–H groups in total. The lowest BCUT2D eigenvalue weighted by atomic mass is 9.98. The van der Waals surface area contributed by atoms with E-state index in [4.69, 9.17) is 4.74 Å². The molecule has 3 fully saturated rings. The minimum atomic E-state index is 0.787. The van der Waals surface area contributed by atoms with Gasteiger partial charge in [0.15, 0.2) is 0 Å². The minimum Gasteiger partial charge on any atom is -0.381 e. The van der Waals surface area contributed by atoms with Crippen LogP contribution < -0.4 is 0 Å². The number of benzene rings is 1. The second-order valence-corrected chi connectivity index (χ2v) is 9.61. The van der Waals surface area contributed by atoms with Gasteiger partial charge >= 0.3 is 0 Å². The molecule has 2 aromatic rings. The van der Waals surface area contributed by atoms with Crippen LogP contribution in [0, 0.1) is 30.6 Å². The van der Waals surface area contributed by atoms with Crippen molar-refractivity contribution in [2.45, 2.75) is 39.0 Å². The molecule has 0 radical (unpaired) electrons. The van der Waals surface area contributed by atoms with Gasteiger partial charge in [0.1, 0.15) is 0 Å². The third-order valence-electron chi connectivity index (χ3n) is 7.35. The molecular weight excluding hydrogens is 358 g/mol. The molecule has 4 nitrogen and oxygen atoms in total. The van der Waals surface area contributed by atoms with E-state index in [9.17, 15) is 0 Å². The summed E-state index contributed by atoms with van der Waals surface area (Å²) in [5.74, 6) is 3.45. The smallest absolute Gasteiger partial charge is 0.0929 e. The van der Waals surface area contributed by atoms with Crippen LogP contribution in [0.25, 0.3) is 11.3 Å². The molecule has 3 heterocycles. The van der Waals surface area contributed by atoms with Gasteiger partial charge < -0.3 is 9.64 Å². The zero-order chi connectivity index (χ0) is 19.6. The van der Waals surface area contributed by atoms with Gasteiger partial charge in [-0.15, -0.1) is 0 Å². The summed E-state index contributed by atoms with van der Waals surface area (Å²) in [7, 11) is 0. The highest BCUT2D eigenvalue weighted by Gasteiger charge is 2.41. The number of nitrogens with zero attached hydrogens (tertiary/aromatic N) is 3.